The molecule has 5 aliphatic carbocycles. The standard InChI is InChI=1S/C36H49NO12/c1-8-37-16-33(17-43-4)22(47-18(2)38)14-23(44-5)35-21-15-34(42)30(48-32(41)20-12-10-9-11-13-20)24(21)36(49-19(3)39,29(40)31(34)46-7)25(28(35)37)26(45-6)27(33)35/h9-13,21-31,40,42H,8,14-17H2,1-7H3/t21-,22-,23+,24-,25?,26+,27-,28-,29+,30-,31+,33+,34+,35+,36-/m1/s1. The van der Waals surface area contributed by atoms with Crippen LogP contribution in [0.2, 0.25) is 0 Å². The molecule has 15 atom stereocenters. The molecule has 49 heavy (non-hydrogen) atoms. The Hall–Kier alpha value is -2.65. The summed E-state index contributed by atoms with van der Waals surface area (Å²) in [6, 6.07) is 8.12. The van der Waals surface area contributed by atoms with Gasteiger partial charge in [0.1, 0.15) is 30.0 Å². The van der Waals surface area contributed by atoms with Crippen molar-refractivity contribution in [2.75, 3.05) is 48.1 Å². The number of piperidine rings is 1. The maximum atomic E-state index is 13.8. The summed E-state index contributed by atoms with van der Waals surface area (Å²) in [7, 11) is 6.25. The number of carbonyl (C=O) groups is 3. The topological polar surface area (TPSA) is 160 Å². The molecule has 7 bridgehead atoms. The summed E-state index contributed by atoms with van der Waals surface area (Å²) in [4.78, 5) is 42.2. The van der Waals surface area contributed by atoms with E-state index in [4.69, 9.17) is 33.2 Å². The maximum absolute atomic E-state index is 13.8. The second kappa shape index (κ2) is 12.0. The number of rotatable bonds is 10. The average Bonchev–Trinajstić information content (AvgIpc) is 3.44. The van der Waals surface area contributed by atoms with E-state index < -0.39 is 100 Å². The van der Waals surface area contributed by atoms with Crippen LogP contribution in [0, 0.1) is 34.5 Å². The molecule has 5 saturated carbocycles. The van der Waals surface area contributed by atoms with Crippen LogP contribution >= 0.6 is 0 Å². The van der Waals surface area contributed by atoms with E-state index in [2.05, 4.69) is 4.90 Å². The van der Waals surface area contributed by atoms with E-state index in [0.29, 0.717) is 19.5 Å². The van der Waals surface area contributed by atoms with E-state index in [9.17, 15) is 24.6 Å². The van der Waals surface area contributed by atoms with Gasteiger partial charge in [-0.1, -0.05) is 25.1 Å². The molecule has 270 valence electrons. The van der Waals surface area contributed by atoms with Crippen LogP contribution in [0.5, 0.6) is 0 Å². The minimum Gasteiger partial charge on any atom is -0.462 e. The van der Waals surface area contributed by atoms with Crippen LogP contribution in [0.1, 0.15) is 44.0 Å². The minimum absolute atomic E-state index is 0.0534. The van der Waals surface area contributed by atoms with Gasteiger partial charge in [-0.2, -0.15) is 0 Å². The fourth-order valence-electron chi connectivity index (χ4n) is 12.7. The van der Waals surface area contributed by atoms with Gasteiger partial charge in [0, 0.05) is 89.9 Å². The zero-order valence-electron chi connectivity index (χ0n) is 29.2. The van der Waals surface area contributed by atoms with E-state index in [1.807, 2.05) is 6.92 Å². The molecule has 13 heteroatoms. The Morgan fingerprint density at radius 3 is 2.20 bits per heavy atom. The summed E-state index contributed by atoms with van der Waals surface area (Å²) in [5.74, 6) is -4.24. The summed E-state index contributed by atoms with van der Waals surface area (Å²) < 4.78 is 43.9. The third-order valence-electron chi connectivity index (χ3n) is 13.4. The highest BCUT2D eigenvalue weighted by molar-refractivity contribution is 5.89. The first-order valence-corrected chi connectivity index (χ1v) is 17.2. The molecule has 1 unspecified atom stereocenters. The Balaban J connectivity index is 1.53. The van der Waals surface area contributed by atoms with E-state index in [1.165, 1.54) is 21.0 Å². The molecule has 1 spiro atoms. The summed E-state index contributed by atoms with van der Waals surface area (Å²) >= 11 is 0. The first kappa shape index (κ1) is 34.8. The van der Waals surface area contributed by atoms with Crippen molar-refractivity contribution in [1.29, 1.82) is 0 Å². The molecule has 1 aliphatic heterocycles. The van der Waals surface area contributed by atoms with Crippen LogP contribution in [0.15, 0.2) is 30.3 Å². The Labute approximate surface area is 286 Å². The summed E-state index contributed by atoms with van der Waals surface area (Å²) in [6.45, 7) is 5.99. The van der Waals surface area contributed by atoms with E-state index in [1.54, 1.807) is 51.7 Å². The van der Waals surface area contributed by atoms with Crippen molar-refractivity contribution in [3.63, 3.8) is 0 Å². The summed E-state index contributed by atoms with van der Waals surface area (Å²) in [5.41, 5.74) is -4.92. The molecule has 0 amide bonds. The number of esters is 3. The highest BCUT2D eigenvalue weighted by Crippen LogP contribution is 2.80. The van der Waals surface area contributed by atoms with Crippen LogP contribution in [-0.4, -0.2) is 135 Å². The largest absolute Gasteiger partial charge is 0.462 e. The van der Waals surface area contributed by atoms with Gasteiger partial charge in [-0.3, -0.25) is 14.5 Å². The van der Waals surface area contributed by atoms with Gasteiger partial charge in [0.15, 0.2) is 5.60 Å². The first-order valence-electron chi connectivity index (χ1n) is 17.2. The van der Waals surface area contributed by atoms with Crippen molar-refractivity contribution < 1.29 is 57.8 Å². The zero-order valence-corrected chi connectivity index (χ0v) is 29.2. The first-order chi connectivity index (χ1) is 23.4. The van der Waals surface area contributed by atoms with Gasteiger partial charge >= 0.3 is 17.9 Å². The molecule has 1 aromatic carbocycles. The number of nitrogens with zero attached hydrogens (tertiary/aromatic N) is 1. The number of fused-ring (bicyclic) bond motifs is 2. The summed E-state index contributed by atoms with van der Waals surface area (Å²) in [6.07, 6.45) is -5.45. The molecule has 1 aromatic rings. The lowest BCUT2D eigenvalue weighted by Crippen LogP contribution is -2.81. The predicted molar refractivity (Wildman–Crippen MR) is 170 cm³/mol. The van der Waals surface area contributed by atoms with Crippen LogP contribution in [0.25, 0.3) is 0 Å². The van der Waals surface area contributed by atoms with Crippen LogP contribution < -0.4 is 0 Å². The van der Waals surface area contributed by atoms with Gasteiger partial charge in [-0.05, 0) is 31.0 Å². The number of ether oxygens (including phenoxy) is 7. The molecule has 2 N–H and O–H groups in total. The lowest BCUT2D eigenvalue weighted by molar-refractivity contribution is -0.322. The van der Waals surface area contributed by atoms with Crippen molar-refractivity contribution in [1.82, 2.24) is 4.90 Å². The second-order valence-corrected chi connectivity index (χ2v) is 15.0. The summed E-state index contributed by atoms with van der Waals surface area (Å²) in [5, 5.41) is 25.5. The van der Waals surface area contributed by atoms with Gasteiger partial charge in [0.25, 0.3) is 0 Å². The van der Waals surface area contributed by atoms with Gasteiger partial charge in [-0.15, -0.1) is 0 Å². The quantitative estimate of drug-likeness (QED) is 0.267. The van der Waals surface area contributed by atoms with E-state index in [0.717, 1.165) is 0 Å². The lowest BCUT2D eigenvalue weighted by Gasteiger charge is -2.70. The number of carbonyl (C=O) groups excluding carboxylic acids is 3. The minimum atomic E-state index is -1.86. The normalized spacial score (nSPS) is 47.4. The van der Waals surface area contributed by atoms with E-state index in [-0.39, 0.29) is 24.6 Å². The van der Waals surface area contributed by atoms with E-state index >= 15 is 0 Å². The van der Waals surface area contributed by atoms with Crippen molar-refractivity contribution in [3.8, 4) is 0 Å². The molecule has 1 saturated heterocycles. The highest BCUT2D eigenvalue weighted by atomic mass is 16.6. The molecule has 0 aromatic heterocycles. The molecule has 13 nitrogen and oxygen atoms in total. The van der Waals surface area contributed by atoms with Gasteiger partial charge in [0.05, 0.1) is 24.4 Å². The zero-order chi connectivity index (χ0) is 35.3. The van der Waals surface area contributed by atoms with Crippen LogP contribution in [0.3, 0.4) is 0 Å². The fourth-order valence-corrected chi connectivity index (χ4v) is 12.7. The number of methoxy groups -OCH3 is 4. The Morgan fingerprint density at radius 1 is 0.918 bits per heavy atom. The molecule has 7 rings (SSSR count). The number of aliphatic hydroxyl groups excluding tert-OH is 1. The van der Waals surface area contributed by atoms with Gasteiger partial charge < -0.3 is 43.4 Å². The molecule has 1 heterocycles. The molecule has 6 fully saturated rings. The smallest absolute Gasteiger partial charge is 0.338 e. The van der Waals surface area contributed by atoms with Gasteiger partial charge in [-0.25, -0.2) is 4.79 Å². The van der Waals surface area contributed by atoms with Crippen molar-refractivity contribution in [3.05, 3.63) is 35.9 Å². The van der Waals surface area contributed by atoms with Crippen LogP contribution in [-0.2, 0) is 42.7 Å². The molecular weight excluding hydrogens is 638 g/mol. The third kappa shape index (κ3) is 4.21. The molecule has 0 radical (unpaired) electrons. The predicted octanol–water partition coefficient (Wildman–Crippen LogP) is 1.22. The molecular formula is C36H49NO12. The monoisotopic (exact) mass is 687 g/mol. The fraction of sp³-hybridized carbons (Fsp3) is 0.750. The van der Waals surface area contributed by atoms with Gasteiger partial charge in [0.2, 0.25) is 0 Å². The number of aliphatic hydroxyl groups is 2. The molecule has 6 aliphatic rings. The number of benzene rings is 1. The lowest BCUT2D eigenvalue weighted by atomic mass is 9.42. The number of hydrogen-bond donors (Lipinski definition) is 2. The Bertz CT molecular complexity index is 1480. The third-order valence-corrected chi connectivity index (χ3v) is 13.4. The SMILES string of the molecule is CCN1C[C@@]2(COC)[C@H]3[C@@H](OC)C4[C@@H]1[C@]3([C@@H](OC)C[C@H]2OC(C)=O)[C@@H]1C[C@]2(O)[C@H](OC(=O)c3ccccc3)[C@@H]1[C@]4(OC(C)=O)[C@@H](O)[C@@H]2OC. The second-order valence-electron chi connectivity index (χ2n) is 15.0. The highest BCUT2D eigenvalue weighted by Gasteiger charge is 2.92. The van der Waals surface area contributed by atoms with Crippen LogP contribution in [0.4, 0.5) is 0 Å². The maximum Gasteiger partial charge on any atom is 0.338 e. The van der Waals surface area contributed by atoms with Crippen molar-refractivity contribution in [2.24, 2.45) is 34.5 Å². The number of likely N-dealkylation sites (tertiary alicyclic amines) is 1. The Kier molecular flexibility index (Phi) is 8.49. The Morgan fingerprint density at radius 2 is 1.63 bits per heavy atom. The number of hydrogen-bond acceptors (Lipinski definition) is 13. The van der Waals surface area contributed by atoms with Crippen molar-refractivity contribution >= 4 is 17.9 Å². The van der Waals surface area contributed by atoms with Crippen molar-refractivity contribution in [2.45, 2.75) is 87.5 Å². The average molecular weight is 688 g/mol.